The summed E-state index contributed by atoms with van der Waals surface area (Å²) < 4.78 is 0.357. The predicted octanol–water partition coefficient (Wildman–Crippen LogP) is 0.501. The standard InChI is InChI=1S/C10H17N3OS/c1-15-10(3-2-4-10)8-12-7-9(14)13-6-5-11/h12H,2-4,6-8H2,1H3,(H,13,14). The average Bonchev–Trinajstić information content (AvgIpc) is 2.19. The molecule has 0 unspecified atom stereocenters. The van der Waals surface area contributed by atoms with Crippen molar-refractivity contribution in [3.8, 4) is 6.07 Å². The monoisotopic (exact) mass is 227 g/mol. The minimum absolute atomic E-state index is 0.0915. The molecule has 0 spiro atoms. The zero-order chi connectivity index (χ0) is 11.1. The van der Waals surface area contributed by atoms with Crippen molar-refractivity contribution < 1.29 is 4.79 Å². The molecule has 15 heavy (non-hydrogen) atoms. The minimum Gasteiger partial charge on any atom is -0.342 e. The first-order chi connectivity index (χ1) is 7.22. The van der Waals surface area contributed by atoms with E-state index < -0.39 is 0 Å². The van der Waals surface area contributed by atoms with Crippen LogP contribution >= 0.6 is 11.8 Å². The maximum absolute atomic E-state index is 11.2. The second-order valence-electron chi connectivity index (χ2n) is 3.78. The van der Waals surface area contributed by atoms with Gasteiger partial charge in [0.2, 0.25) is 5.91 Å². The van der Waals surface area contributed by atoms with Gasteiger partial charge in [-0.3, -0.25) is 4.79 Å². The zero-order valence-corrected chi connectivity index (χ0v) is 9.82. The molecular weight excluding hydrogens is 210 g/mol. The fourth-order valence-electron chi connectivity index (χ4n) is 1.63. The molecule has 5 heteroatoms. The van der Waals surface area contributed by atoms with Crippen LogP contribution in [-0.4, -0.2) is 36.5 Å². The van der Waals surface area contributed by atoms with Gasteiger partial charge in [-0.25, -0.2) is 0 Å². The molecule has 0 atom stereocenters. The van der Waals surface area contributed by atoms with E-state index in [-0.39, 0.29) is 12.5 Å². The lowest BCUT2D eigenvalue weighted by Crippen LogP contribution is -2.46. The quantitative estimate of drug-likeness (QED) is 0.649. The Kier molecular flexibility index (Phi) is 4.92. The Morgan fingerprint density at radius 2 is 2.33 bits per heavy atom. The van der Waals surface area contributed by atoms with Crippen LogP contribution in [0, 0.1) is 11.3 Å². The molecule has 0 saturated heterocycles. The molecule has 4 nitrogen and oxygen atoms in total. The number of nitrogens with one attached hydrogen (secondary N) is 2. The van der Waals surface area contributed by atoms with Crippen molar-refractivity contribution in [2.45, 2.75) is 24.0 Å². The van der Waals surface area contributed by atoms with E-state index in [2.05, 4.69) is 16.9 Å². The molecule has 2 N–H and O–H groups in total. The number of amides is 1. The highest BCUT2D eigenvalue weighted by Crippen LogP contribution is 2.41. The maximum atomic E-state index is 11.2. The van der Waals surface area contributed by atoms with Crippen molar-refractivity contribution >= 4 is 17.7 Å². The number of thioether (sulfide) groups is 1. The van der Waals surface area contributed by atoms with Crippen molar-refractivity contribution in [1.29, 1.82) is 5.26 Å². The van der Waals surface area contributed by atoms with Crippen LogP contribution in [-0.2, 0) is 4.79 Å². The van der Waals surface area contributed by atoms with Crippen molar-refractivity contribution in [1.82, 2.24) is 10.6 Å². The number of carbonyl (C=O) groups excluding carboxylic acids is 1. The molecule has 0 aliphatic heterocycles. The van der Waals surface area contributed by atoms with Gasteiger partial charge in [-0.15, -0.1) is 0 Å². The van der Waals surface area contributed by atoms with Gasteiger partial charge >= 0.3 is 0 Å². The first-order valence-electron chi connectivity index (χ1n) is 5.12. The molecule has 1 aliphatic carbocycles. The molecule has 0 aromatic carbocycles. The topological polar surface area (TPSA) is 64.9 Å². The van der Waals surface area contributed by atoms with Crippen molar-refractivity contribution in [3.05, 3.63) is 0 Å². The van der Waals surface area contributed by atoms with Crippen LogP contribution in [0.5, 0.6) is 0 Å². The molecule has 1 aliphatic rings. The van der Waals surface area contributed by atoms with Crippen LogP contribution in [0.25, 0.3) is 0 Å². The van der Waals surface area contributed by atoms with Gasteiger partial charge in [0.25, 0.3) is 0 Å². The SMILES string of the molecule is CSC1(CNCC(=O)NCC#N)CCC1. The van der Waals surface area contributed by atoms with Crippen molar-refractivity contribution in [2.24, 2.45) is 0 Å². The number of nitriles is 1. The van der Waals surface area contributed by atoms with Crippen LogP contribution in [0.4, 0.5) is 0 Å². The number of rotatable bonds is 6. The smallest absolute Gasteiger partial charge is 0.234 e. The number of nitrogens with zero attached hydrogens (tertiary/aromatic N) is 1. The summed E-state index contributed by atoms with van der Waals surface area (Å²) in [7, 11) is 0. The van der Waals surface area contributed by atoms with Gasteiger partial charge in [-0.05, 0) is 19.1 Å². The average molecular weight is 227 g/mol. The Morgan fingerprint density at radius 3 is 2.80 bits per heavy atom. The largest absolute Gasteiger partial charge is 0.342 e. The lowest BCUT2D eigenvalue weighted by molar-refractivity contribution is -0.120. The first-order valence-corrected chi connectivity index (χ1v) is 6.34. The predicted molar refractivity (Wildman–Crippen MR) is 61.6 cm³/mol. The number of carbonyl (C=O) groups is 1. The summed E-state index contributed by atoms with van der Waals surface area (Å²) in [5.74, 6) is -0.105. The Morgan fingerprint density at radius 1 is 1.60 bits per heavy atom. The van der Waals surface area contributed by atoms with Crippen molar-refractivity contribution in [3.63, 3.8) is 0 Å². The molecule has 0 aromatic rings. The van der Waals surface area contributed by atoms with Crippen LogP contribution in [0.1, 0.15) is 19.3 Å². The summed E-state index contributed by atoms with van der Waals surface area (Å²) >= 11 is 1.88. The molecule has 1 fully saturated rings. The Bertz CT molecular complexity index is 252. The summed E-state index contributed by atoms with van der Waals surface area (Å²) in [6, 6.07) is 1.87. The highest BCUT2D eigenvalue weighted by Gasteiger charge is 2.35. The third kappa shape index (κ3) is 3.73. The Hall–Kier alpha value is -0.730. The summed E-state index contributed by atoms with van der Waals surface area (Å²) in [5.41, 5.74) is 0. The molecule has 1 rings (SSSR count). The molecule has 1 saturated carbocycles. The van der Waals surface area contributed by atoms with E-state index in [1.54, 1.807) is 0 Å². The lowest BCUT2D eigenvalue weighted by atomic mass is 9.84. The molecule has 0 bridgehead atoms. The van der Waals surface area contributed by atoms with E-state index in [4.69, 9.17) is 5.26 Å². The summed E-state index contributed by atoms with van der Waals surface area (Å²) in [6.07, 6.45) is 5.89. The van der Waals surface area contributed by atoms with Gasteiger partial charge in [0, 0.05) is 11.3 Å². The fraction of sp³-hybridized carbons (Fsp3) is 0.800. The third-order valence-electron chi connectivity index (χ3n) is 2.80. The van der Waals surface area contributed by atoms with Crippen LogP contribution in [0.15, 0.2) is 0 Å². The molecule has 0 radical (unpaired) electrons. The highest BCUT2D eigenvalue weighted by molar-refractivity contribution is 8.00. The second kappa shape index (κ2) is 5.99. The van der Waals surface area contributed by atoms with Gasteiger partial charge in [0.1, 0.15) is 6.54 Å². The van der Waals surface area contributed by atoms with Crippen molar-refractivity contribution in [2.75, 3.05) is 25.9 Å². The van der Waals surface area contributed by atoms with Crippen LogP contribution in [0.2, 0.25) is 0 Å². The van der Waals surface area contributed by atoms with E-state index >= 15 is 0 Å². The summed E-state index contributed by atoms with van der Waals surface area (Å²) in [6.45, 7) is 1.28. The first kappa shape index (κ1) is 12.3. The number of hydrogen-bond acceptors (Lipinski definition) is 4. The van der Waals surface area contributed by atoms with E-state index in [1.165, 1.54) is 19.3 Å². The number of hydrogen-bond donors (Lipinski definition) is 2. The second-order valence-corrected chi connectivity index (χ2v) is 5.05. The van der Waals surface area contributed by atoms with Gasteiger partial charge in [0.05, 0.1) is 12.6 Å². The van der Waals surface area contributed by atoms with E-state index in [1.807, 2.05) is 17.8 Å². The van der Waals surface area contributed by atoms with Gasteiger partial charge in [-0.1, -0.05) is 6.42 Å². The van der Waals surface area contributed by atoms with E-state index in [0.717, 1.165) is 6.54 Å². The van der Waals surface area contributed by atoms with E-state index in [9.17, 15) is 4.79 Å². The molecule has 0 heterocycles. The third-order valence-corrected chi connectivity index (χ3v) is 4.21. The minimum atomic E-state index is -0.105. The fourth-order valence-corrected chi connectivity index (χ4v) is 2.57. The Labute approximate surface area is 94.8 Å². The highest BCUT2D eigenvalue weighted by atomic mass is 32.2. The van der Waals surface area contributed by atoms with E-state index in [0.29, 0.717) is 11.3 Å². The summed E-state index contributed by atoms with van der Waals surface area (Å²) in [4.78, 5) is 11.2. The molecule has 1 amide bonds. The zero-order valence-electron chi connectivity index (χ0n) is 9.01. The molecule has 84 valence electrons. The van der Waals surface area contributed by atoms with Gasteiger partial charge in [-0.2, -0.15) is 17.0 Å². The summed E-state index contributed by atoms with van der Waals surface area (Å²) in [5, 5.41) is 13.9. The normalized spacial score (nSPS) is 17.6. The van der Waals surface area contributed by atoms with Gasteiger partial charge in [0.15, 0.2) is 0 Å². The molecule has 0 aromatic heterocycles. The molecular formula is C10H17N3OS. The Balaban J connectivity index is 2.10. The van der Waals surface area contributed by atoms with Crippen LogP contribution in [0.3, 0.4) is 0 Å². The van der Waals surface area contributed by atoms with Crippen LogP contribution < -0.4 is 10.6 Å². The lowest BCUT2D eigenvalue weighted by Gasteiger charge is -2.40. The van der Waals surface area contributed by atoms with Gasteiger partial charge < -0.3 is 10.6 Å². The maximum Gasteiger partial charge on any atom is 0.234 e.